The SMILES string of the molecule is COc1ccc(/C=N\NC(=O)CN(Cc2cccc(Cl)c2)S(=O)(=O)c2ccc(Cl)cc2)cc1[N+](=O)[O-]. The van der Waals surface area contributed by atoms with E-state index >= 15 is 0 Å². The number of nitro benzene ring substituents is 1. The average Bonchev–Trinajstić information content (AvgIpc) is 2.84. The number of hydrogen-bond donors (Lipinski definition) is 1. The van der Waals surface area contributed by atoms with Gasteiger partial charge in [0.1, 0.15) is 0 Å². The van der Waals surface area contributed by atoms with Gasteiger partial charge in [-0.3, -0.25) is 14.9 Å². The number of nitro groups is 1. The van der Waals surface area contributed by atoms with Crippen LogP contribution in [0.15, 0.2) is 76.7 Å². The summed E-state index contributed by atoms with van der Waals surface area (Å²) in [6, 6.07) is 16.3. The zero-order chi connectivity index (χ0) is 26.3. The minimum absolute atomic E-state index is 0.0456. The molecule has 0 atom stereocenters. The van der Waals surface area contributed by atoms with Crippen LogP contribution in [-0.4, -0.2) is 43.4 Å². The largest absolute Gasteiger partial charge is 0.490 e. The second-order valence-corrected chi connectivity index (χ2v) is 10.1. The van der Waals surface area contributed by atoms with Crippen LogP contribution in [-0.2, 0) is 21.4 Å². The first-order valence-electron chi connectivity index (χ1n) is 10.2. The number of nitrogens with one attached hydrogen (secondary N) is 1. The lowest BCUT2D eigenvalue weighted by atomic mass is 10.2. The second kappa shape index (κ2) is 12.0. The molecule has 0 fully saturated rings. The van der Waals surface area contributed by atoms with E-state index in [1.54, 1.807) is 24.3 Å². The van der Waals surface area contributed by atoms with Gasteiger partial charge < -0.3 is 4.74 Å². The van der Waals surface area contributed by atoms with Crippen LogP contribution in [0.1, 0.15) is 11.1 Å². The van der Waals surface area contributed by atoms with Crippen molar-refractivity contribution >= 4 is 51.0 Å². The molecular formula is C23H20Cl2N4O6S. The van der Waals surface area contributed by atoms with E-state index in [0.717, 1.165) is 4.31 Å². The Kier molecular flexibility index (Phi) is 8.99. The highest BCUT2D eigenvalue weighted by Crippen LogP contribution is 2.27. The predicted octanol–water partition coefficient (Wildman–Crippen LogP) is 4.25. The molecule has 1 N–H and O–H groups in total. The number of carbonyl (C=O) groups excluding carboxylic acids is 1. The molecule has 3 rings (SSSR count). The Morgan fingerprint density at radius 2 is 1.83 bits per heavy atom. The number of rotatable bonds is 10. The molecule has 0 spiro atoms. The Bertz CT molecular complexity index is 1400. The van der Waals surface area contributed by atoms with Crippen molar-refractivity contribution in [2.24, 2.45) is 5.10 Å². The molecule has 0 bridgehead atoms. The van der Waals surface area contributed by atoms with Crippen LogP contribution < -0.4 is 10.2 Å². The number of methoxy groups -OCH3 is 1. The van der Waals surface area contributed by atoms with Crippen LogP contribution in [0.5, 0.6) is 5.75 Å². The third kappa shape index (κ3) is 7.01. The lowest BCUT2D eigenvalue weighted by Gasteiger charge is -2.21. The van der Waals surface area contributed by atoms with Crippen molar-refractivity contribution < 1.29 is 22.9 Å². The third-order valence-corrected chi connectivity index (χ3v) is 7.11. The summed E-state index contributed by atoms with van der Waals surface area (Å²) in [5.74, 6) is -0.654. The number of halogens is 2. The average molecular weight is 551 g/mol. The first kappa shape index (κ1) is 27.1. The molecular weight excluding hydrogens is 531 g/mol. The van der Waals surface area contributed by atoms with E-state index in [0.29, 0.717) is 21.2 Å². The maximum absolute atomic E-state index is 13.3. The molecule has 3 aromatic rings. The Morgan fingerprint density at radius 3 is 2.47 bits per heavy atom. The molecule has 0 saturated carbocycles. The number of hydrazone groups is 1. The molecule has 0 aromatic heterocycles. The zero-order valence-electron chi connectivity index (χ0n) is 18.8. The highest BCUT2D eigenvalue weighted by molar-refractivity contribution is 7.89. The number of benzene rings is 3. The van der Waals surface area contributed by atoms with E-state index in [4.69, 9.17) is 27.9 Å². The number of carbonyl (C=O) groups is 1. The van der Waals surface area contributed by atoms with Crippen LogP contribution in [0.25, 0.3) is 0 Å². The van der Waals surface area contributed by atoms with Gasteiger partial charge in [0.05, 0.1) is 29.7 Å². The minimum Gasteiger partial charge on any atom is -0.490 e. The van der Waals surface area contributed by atoms with Crippen molar-refractivity contribution in [3.63, 3.8) is 0 Å². The molecule has 0 unspecified atom stereocenters. The molecule has 1 amide bonds. The summed E-state index contributed by atoms with van der Waals surface area (Å²) in [6.07, 6.45) is 1.19. The van der Waals surface area contributed by atoms with E-state index in [1.807, 2.05) is 0 Å². The lowest BCUT2D eigenvalue weighted by molar-refractivity contribution is -0.385. The van der Waals surface area contributed by atoms with Gasteiger partial charge >= 0.3 is 5.69 Å². The monoisotopic (exact) mass is 550 g/mol. The van der Waals surface area contributed by atoms with Crippen molar-refractivity contribution in [3.05, 3.63) is 98.0 Å². The van der Waals surface area contributed by atoms with E-state index in [2.05, 4.69) is 10.5 Å². The first-order chi connectivity index (χ1) is 17.1. The van der Waals surface area contributed by atoms with Crippen molar-refractivity contribution in [2.45, 2.75) is 11.4 Å². The normalized spacial score (nSPS) is 11.6. The Labute approximate surface area is 217 Å². The van der Waals surface area contributed by atoms with Gasteiger partial charge in [-0.2, -0.15) is 9.41 Å². The van der Waals surface area contributed by atoms with Crippen LogP contribution in [0, 0.1) is 10.1 Å². The van der Waals surface area contributed by atoms with Gasteiger partial charge in [0.25, 0.3) is 5.91 Å². The molecule has 188 valence electrons. The van der Waals surface area contributed by atoms with Gasteiger partial charge in [0.15, 0.2) is 5.75 Å². The highest BCUT2D eigenvalue weighted by atomic mass is 35.5. The Morgan fingerprint density at radius 1 is 1.11 bits per heavy atom. The van der Waals surface area contributed by atoms with E-state index in [-0.39, 0.29) is 22.9 Å². The number of ether oxygens (including phenoxy) is 1. The van der Waals surface area contributed by atoms with Gasteiger partial charge in [-0.15, -0.1) is 0 Å². The smallest absolute Gasteiger partial charge is 0.311 e. The summed E-state index contributed by atoms with van der Waals surface area (Å²) in [5.41, 5.74) is 2.87. The molecule has 0 aliphatic carbocycles. The highest BCUT2D eigenvalue weighted by Gasteiger charge is 2.27. The van der Waals surface area contributed by atoms with Gasteiger partial charge in [-0.05, 0) is 54.1 Å². The maximum Gasteiger partial charge on any atom is 0.311 e. The topological polar surface area (TPSA) is 131 Å². The van der Waals surface area contributed by atoms with Gasteiger partial charge in [-0.1, -0.05) is 35.3 Å². The van der Waals surface area contributed by atoms with Crippen molar-refractivity contribution in [1.82, 2.24) is 9.73 Å². The van der Waals surface area contributed by atoms with Crippen molar-refractivity contribution in [3.8, 4) is 5.75 Å². The van der Waals surface area contributed by atoms with Gasteiger partial charge in [0.2, 0.25) is 10.0 Å². The van der Waals surface area contributed by atoms with Crippen molar-refractivity contribution in [1.29, 1.82) is 0 Å². The molecule has 10 nitrogen and oxygen atoms in total. The summed E-state index contributed by atoms with van der Waals surface area (Å²) >= 11 is 11.9. The molecule has 0 aliphatic rings. The first-order valence-corrected chi connectivity index (χ1v) is 12.4. The Balaban J connectivity index is 1.79. The van der Waals surface area contributed by atoms with Gasteiger partial charge in [0, 0.05) is 28.2 Å². The summed E-state index contributed by atoms with van der Waals surface area (Å²) < 4.78 is 32.5. The summed E-state index contributed by atoms with van der Waals surface area (Å²) in [5, 5.41) is 15.7. The fourth-order valence-electron chi connectivity index (χ4n) is 3.12. The van der Waals surface area contributed by atoms with Crippen molar-refractivity contribution in [2.75, 3.05) is 13.7 Å². The molecule has 3 aromatic carbocycles. The summed E-state index contributed by atoms with van der Waals surface area (Å²) in [6.45, 7) is -0.690. The summed E-state index contributed by atoms with van der Waals surface area (Å²) in [7, 11) is -2.78. The fraction of sp³-hybridized carbons (Fsp3) is 0.130. The molecule has 36 heavy (non-hydrogen) atoms. The van der Waals surface area contributed by atoms with E-state index in [1.165, 1.54) is 55.8 Å². The summed E-state index contributed by atoms with van der Waals surface area (Å²) in [4.78, 5) is 23.1. The van der Waals surface area contributed by atoms with E-state index in [9.17, 15) is 23.3 Å². The lowest BCUT2D eigenvalue weighted by Crippen LogP contribution is -2.39. The zero-order valence-corrected chi connectivity index (χ0v) is 21.1. The minimum atomic E-state index is -4.09. The Hall–Kier alpha value is -3.51. The third-order valence-electron chi connectivity index (χ3n) is 4.82. The maximum atomic E-state index is 13.3. The molecule has 13 heteroatoms. The number of hydrogen-bond acceptors (Lipinski definition) is 7. The standard InChI is InChI=1S/C23H20Cl2N4O6S/c1-35-22-10-5-16(12-21(22)29(31)32)13-26-27-23(30)15-28(14-17-3-2-4-19(25)11-17)36(33,34)20-8-6-18(24)7-9-20/h2-13H,14-15H2,1H3,(H,27,30)/b26-13-. The van der Waals surface area contributed by atoms with Gasteiger partial charge in [-0.25, -0.2) is 13.8 Å². The predicted molar refractivity (Wildman–Crippen MR) is 136 cm³/mol. The van der Waals surface area contributed by atoms with Crippen LogP contribution in [0.4, 0.5) is 5.69 Å². The number of sulfonamides is 1. The van der Waals surface area contributed by atoms with Crippen LogP contribution in [0.2, 0.25) is 10.0 Å². The van der Waals surface area contributed by atoms with Crippen LogP contribution >= 0.6 is 23.2 Å². The quantitative estimate of drug-likeness (QED) is 0.228. The second-order valence-electron chi connectivity index (χ2n) is 7.34. The molecule has 0 radical (unpaired) electrons. The molecule has 0 aliphatic heterocycles. The van der Waals surface area contributed by atoms with E-state index < -0.39 is 27.4 Å². The molecule has 0 saturated heterocycles. The fourth-order valence-corrected chi connectivity index (χ4v) is 4.85. The van der Waals surface area contributed by atoms with Crippen LogP contribution in [0.3, 0.4) is 0 Å². The number of amides is 1. The molecule has 0 heterocycles. The number of nitrogens with zero attached hydrogens (tertiary/aromatic N) is 3.